The Bertz CT molecular complexity index is 444. The van der Waals surface area contributed by atoms with Gasteiger partial charge in [0.25, 0.3) is 0 Å². The zero-order valence-electron chi connectivity index (χ0n) is 8.48. The molecule has 1 heterocycles. The van der Waals surface area contributed by atoms with E-state index in [1.165, 1.54) is 0 Å². The number of fused-ring (bicyclic) bond motifs is 1. The van der Waals surface area contributed by atoms with E-state index in [4.69, 9.17) is 4.74 Å². The van der Waals surface area contributed by atoms with Gasteiger partial charge in [-0.3, -0.25) is 0 Å². The van der Waals surface area contributed by atoms with E-state index >= 15 is 0 Å². The van der Waals surface area contributed by atoms with Crippen LogP contribution in [-0.2, 0) is 14.8 Å². The fourth-order valence-electron chi connectivity index (χ4n) is 1.87. The average Bonchev–Trinajstić information content (AvgIpc) is 2.92. The molecule has 5 nitrogen and oxygen atoms in total. The molecule has 0 spiro atoms. The summed E-state index contributed by atoms with van der Waals surface area (Å²) in [5.74, 6) is -2.01. The molecule has 2 aliphatic rings. The molecule has 98 valence electrons. The topological polar surface area (TPSA) is 82.1 Å². The van der Waals surface area contributed by atoms with Crippen molar-refractivity contribution in [1.29, 1.82) is 0 Å². The summed E-state index contributed by atoms with van der Waals surface area (Å²) in [6.45, 7) is 0. The van der Waals surface area contributed by atoms with Crippen molar-refractivity contribution < 1.29 is 31.4 Å². The van der Waals surface area contributed by atoms with Crippen LogP contribution in [0.25, 0.3) is 0 Å². The van der Waals surface area contributed by atoms with Crippen molar-refractivity contribution in [3.05, 3.63) is 0 Å². The molecule has 0 aromatic heterocycles. The molecule has 9 heteroatoms. The molecule has 1 saturated carbocycles. The van der Waals surface area contributed by atoms with Crippen LogP contribution in [0.1, 0.15) is 19.3 Å². The van der Waals surface area contributed by atoms with E-state index in [2.05, 4.69) is 4.40 Å². The number of halogens is 3. The monoisotopic (exact) mass is 272 g/mol. The van der Waals surface area contributed by atoms with Gasteiger partial charge >= 0.3 is 15.5 Å². The standard InChI is InChI=1S/C8H10F3NO4S/c9-8(10,11)17(14,15)12-7(13)4-1-2-5-6(3-4)16-5/h4-6H,1-3H2,(H,12,13)/p-1. The third-order valence-electron chi connectivity index (χ3n) is 2.86. The summed E-state index contributed by atoms with van der Waals surface area (Å²) in [5, 5.41) is 11.3. The van der Waals surface area contributed by atoms with Gasteiger partial charge in [0.2, 0.25) is 0 Å². The molecular formula is C8H9F3NO4S-. The summed E-state index contributed by atoms with van der Waals surface area (Å²) in [5.41, 5.74) is -5.52. The van der Waals surface area contributed by atoms with Gasteiger partial charge < -0.3 is 9.84 Å². The van der Waals surface area contributed by atoms with E-state index in [-0.39, 0.29) is 18.6 Å². The van der Waals surface area contributed by atoms with Crippen LogP contribution in [0.5, 0.6) is 0 Å². The van der Waals surface area contributed by atoms with E-state index in [0.29, 0.717) is 12.8 Å². The Morgan fingerprint density at radius 1 is 1.29 bits per heavy atom. The van der Waals surface area contributed by atoms with Crippen LogP contribution in [0.2, 0.25) is 0 Å². The Morgan fingerprint density at radius 3 is 2.47 bits per heavy atom. The van der Waals surface area contributed by atoms with Crippen LogP contribution < -0.4 is 5.11 Å². The maximum absolute atomic E-state index is 12.0. The number of hydrogen-bond acceptors (Lipinski definition) is 4. The number of alkyl halides is 3. The van der Waals surface area contributed by atoms with Crippen LogP contribution in [0.4, 0.5) is 13.2 Å². The van der Waals surface area contributed by atoms with Crippen LogP contribution in [0.15, 0.2) is 4.40 Å². The zero-order valence-corrected chi connectivity index (χ0v) is 9.29. The van der Waals surface area contributed by atoms with Crippen LogP contribution in [-0.4, -0.2) is 32.0 Å². The Morgan fingerprint density at radius 2 is 1.94 bits per heavy atom. The molecule has 1 aliphatic carbocycles. The van der Waals surface area contributed by atoms with Crippen molar-refractivity contribution in [3.8, 4) is 0 Å². The first kappa shape index (κ1) is 12.6. The highest BCUT2D eigenvalue weighted by atomic mass is 32.2. The Labute approximate surface area is 95.3 Å². The normalized spacial score (nSPS) is 34.3. The van der Waals surface area contributed by atoms with Crippen molar-refractivity contribution in [2.24, 2.45) is 10.3 Å². The SMILES string of the molecule is O=S(=O)(/N=C(\[O-])C1CCC2OC2C1)C(F)(F)F. The van der Waals surface area contributed by atoms with Gasteiger partial charge in [-0.05, 0) is 31.1 Å². The van der Waals surface area contributed by atoms with Gasteiger partial charge in [-0.1, -0.05) is 0 Å². The second-order valence-electron chi connectivity index (χ2n) is 4.07. The molecule has 2 fully saturated rings. The predicted octanol–water partition coefficient (Wildman–Crippen LogP) is 0.162. The van der Waals surface area contributed by atoms with Gasteiger partial charge in [-0.15, -0.1) is 0 Å². The minimum atomic E-state index is -5.72. The molecule has 0 bridgehead atoms. The summed E-state index contributed by atoms with van der Waals surface area (Å²) in [6.07, 6.45) is 1.08. The average molecular weight is 272 g/mol. The third kappa shape index (κ3) is 2.54. The van der Waals surface area contributed by atoms with Gasteiger partial charge in [0, 0.05) is 0 Å². The Kier molecular flexibility index (Phi) is 2.85. The number of epoxide rings is 1. The first-order valence-corrected chi connectivity index (χ1v) is 6.38. The maximum Gasteiger partial charge on any atom is 0.518 e. The summed E-state index contributed by atoms with van der Waals surface area (Å²) in [7, 11) is -5.72. The van der Waals surface area contributed by atoms with Crippen molar-refractivity contribution in [2.45, 2.75) is 37.0 Å². The summed E-state index contributed by atoms with van der Waals surface area (Å²) in [6, 6.07) is 0. The third-order valence-corrected chi connectivity index (χ3v) is 3.86. The molecule has 17 heavy (non-hydrogen) atoms. The van der Waals surface area contributed by atoms with Crippen molar-refractivity contribution in [2.75, 3.05) is 0 Å². The molecule has 0 amide bonds. The number of rotatable bonds is 2. The van der Waals surface area contributed by atoms with E-state index in [9.17, 15) is 26.7 Å². The molecular weight excluding hydrogens is 263 g/mol. The lowest BCUT2D eigenvalue weighted by atomic mass is 9.89. The summed E-state index contributed by atoms with van der Waals surface area (Å²) >= 11 is 0. The zero-order chi connectivity index (χ0) is 12.8. The Balaban J connectivity index is 2.11. The maximum atomic E-state index is 12.0. The molecule has 2 rings (SSSR count). The van der Waals surface area contributed by atoms with Crippen molar-refractivity contribution in [1.82, 2.24) is 0 Å². The van der Waals surface area contributed by atoms with E-state index in [1.54, 1.807) is 0 Å². The highest BCUT2D eigenvalue weighted by Crippen LogP contribution is 2.39. The lowest BCUT2D eigenvalue weighted by Crippen LogP contribution is -2.34. The van der Waals surface area contributed by atoms with Crippen LogP contribution in [0.3, 0.4) is 0 Å². The van der Waals surface area contributed by atoms with Gasteiger partial charge in [-0.2, -0.15) is 26.0 Å². The van der Waals surface area contributed by atoms with E-state index < -0.39 is 27.3 Å². The van der Waals surface area contributed by atoms with Gasteiger partial charge in [-0.25, -0.2) is 0 Å². The predicted molar refractivity (Wildman–Crippen MR) is 48.4 cm³/mol. The lowest BCUT2D eigenvalue weighted by molar-refractivity contribution is -0.224. The second kappa shape index (κ2) is 3.84. The molecule has 0 N–H and O–H groups in total. The fraction of sp³-hybridized carbons (Fsp3) is 0.875. The number of hydrogen-bond donors (Lipinski definition) is 0. The molecule has 1 saturated heterocycles. The van der Waals surface area contributed by atoms with Gasteiger partial charge in [0.15, 0.2) is 0 Å². The van der Waals surface area contributed by atoms with Crippen molar-refractivity contribution >= 4 is 15.9 Å². The number of sulfonamides is 1. The summed E-state index contributed by atoms with van der Waals surface area (Å²) < 4.78 is 64.7. The molecule has 3 unspecified atom stereocenters. The van der Waals surface area contributed by atoms with Gasteiger partial charge in [0.05, 0.1) is 12.2 Å². The largest absolute Gasteiger partial charge is 0.861 e. The lowest BCUT2D eigenvalue weighted by Gasteiger charge is -2.24. The first-order chi connectivity index (χ1) is 7.71. The molecule has 3 atom stereocenters. The first-order valence-electron chi connectivity index (χ1n) is 4.94. The molecule has 0 aromatic carbocycles. The summed E-state index contributed by atoms with van der Waals surface area (Å²) in [4.78, 5) is 0. The van der Waals surface area contributed by atoms with Crippen LogP contribution >= 0.6 is 0 Å². The second-order valence-corrected chi connectivity index (χ2v) is 5.67. The quantitative estimate of drug-likeness (QED) is 0.407. The van der Waals surface area contributed by atoms with E-state index in [0.717, 1.165) is 0 Å². The minimum absolute atomic E-state index is 0.0817. The number of ether oxygens (including phenoxy) is 1. The Hall–Kier alpha value is -0.830. The fourth-order valence-corrected chi connectivity index (χ4v) is 2.36. The highest BCUT2D eigenvalue weighted by molar-refractivity contribution is 7.91. The van der Waals surface area contributed by atoms with Crippen molar-refractivity contribution in [3.63, 3.8) is 0 Å². The molecule has 0 aromatic rings. The highest BCUT2D eigenvalue weighted by Gasteiger charge is 2.47. The van der Waals surface area contributed by atoms with Crippen LogP contribution in [0, 0.1) is 5.92 Å². The number of nitrogens with zero attached hydrogens (tertiary/aromatic N) is 1. The van der Waals surface area contributed by atoms with Gasteiger partial charge in [0.1, 0.15) is 0 Å². The smallest absolute Gasteiger partial charge is 0.518 e. The van der Waals surface area contributed by atoms with E-state index in [1.807, 2.05) is 0 Å². The molecule has 1 aliphatic heterocycles. The molecule has 0 radical (unpaired) electrons. The minimum Gasteiger partial charge on any atom is -0.861 e.